The van der Waals surface area contributed by atoms with E-state index in [1.807, 2.05) is 0 Å². The van der Waals surface area contributed by atoms with E-state index >= 15 is 0 Å². The zero-order chi connectivity index (χ0) is 11.4. The van der Waals surface area contributed by atoms with Gasteiger partial charge in [-0.2, -0.15) is 5.10 Å². The van der Waals surface area contributed by atoms with Crippen LogP contribution >= 0.6 is 39.7 Å². The Morgan fingerprint density at radius 2 is 2.33 bits per heavy atom. The minimum atomic E-state index is -0.525. The maximum atomic E-state index is 13.1. The molecule has 15 heavy (non-hydrogen) atoms. The fourth-order valence-corrected chi connectivity index (χ4v) is 1.44. The van der Waals surface area contributed by atoms with Crippen LogP contribution in [0.15, 0.2) is 21.7 Å². The molecule has 0 radical (unpaired) electrons. The molecule has 0 aromatic heterocycles. The van der Waals surface area contributed by atoms with Gasteiger partial charge in [0.15, 0.2) is 5.11 Å². The molecule has 0 heterocycles. The predicted octanol–water partition coefficient (Wildman–Crippen LogP) is 2.41. The third-order valence-corrected chi connectivity index (χ3v) is 2.72. The minimum absolute atomic E-state index is 0.0365. The number of hydrazone groups is 1. The fourth-order valence-electron chi connectivity index (χ4n) is 0.820. The van der Waals surface area contributed by atoms with Crippen molar-refractivity contribution in [1.29, 1.82) is 0 Å². The Balaban J connectivity index is 2.87. The van der Waals surface area contributed by atoms with Gasteiger partial charge in [-0.1, -0.05) is 11.6 Å². The normalized spacial score (nSPS) is 10.6. The molecule has 0 spiro atoms. The third-order valence-electron chi connectivity index (χ3n) is 1.39. The number of nitrogens with one attached hydrogen (secondary N) is 1. The molecule has 0 atom stereocenters. The van der Waals surface area contributed by atoms with E-state index in [-0.39, 0.29) is 10.1 Å². The van der Waals surface area contributed by atoms with E-state index in [9.17, 15) is 4.39 Å². The summed E-state index contributed by atoms with van der Waals surface area (Å²) in [4.78, 5) is 0. The van der Waals surface area contributed by atoms with E-state index in [1.54, 1.807) is 6.07 Å². The SMILES string of the molecule is NC(=S)NN=Cc1cc(F)c(Cl)c(Br)c1. The van der Waals surface area contributed by atoms with Crippen molar-refractivity contribution in [2.24, 2.45) is 10.8 Å². The first-order chi connectivity index (χ1) is 7.00. The van der Waals surface area contributed by atoms with Gasteiger partial charge in [0, 0.05) is 4.47 Å². The van der Waals surface area contributed by atoms with Gasteiger partial charge in [0.1, 0.15) is 5.82 Å². The number of rotatable bonds is 2. The van der Waals surface area contributed by atoms with Gasteiger partial charge in [-0.3, -0.25) is 5.43 Å². The van der Waals surface area contributed by atoms with E-state index in [0.29, 0.717) is 10.0 Å². The van der Waals surface area contributed by atoms with Crippen molar-refractivity contribution >= 4 is 51.1 Å². The van der Waals surface area contributed by atoms with E-state index in [0.717, 1.165) is 0 Å². The average molecular weight is 311 g/mol. The van der Waals surface area contributed by atoms with Crippen LogP contribution in [0.4, 0.5) is 4.39 Å². The van der Waals surface area contributed by atoms with Crippen molar-refractivity contribution in [3.8, 4) is 0 Å². The van der Waals surface area contributed by atoms with Crippen molar-refractivity contribution in [2.45, 2.75) is 0 Å². The molecule has 80 valence electrons. The molecular formula is C8H6BrClFN3S. The largest absolute Gasteiger partial charge is 0.375 e. The van der Waals surface area contributed by atoms with Crippen molar-refractivity contribution in [1.82, 2.24) is 5.43 Å². The molecule has 0 saturated carbocycles. The molecule has 0 saturated heterocycles. The first-order valence-corrected chi connectivity index (χ1v) is 5.31. The van der Waals surface area contributed by atoms with Crippen LogP contribution in [0.3, 0.4) is 0 Å². The number of thiocarbonyl (C=S) groups is 1. The molecule has 0 amide bonds. The number of benzene rings is 1. The van der Waals surface area contributed by atoms with Gasteiger partial charge in [0.05, 0.1) is 11.2 Å². The van der Waals surface area contributed by atoms with Gasteiger partial charge in [-0.25, -0.2) is 4.39 Å². The summed E-state index contributed by atoms with van der Waals surface area (Å²) in [7, 11) is 0. The summed E-state index contributed by atoms with van der Waals surface area (Å²) in [6, 6.07) is 2.87. The first kappa shape index (κ1) is 12.4. The topological polar surface area (TPSA) is 50.4 Å². The smallest absolute Gasteiger partial charge is 0.184 e. The molecule has 0 fully saturated rings. The number of nitrogens with two attached hydrogens (primary N) is 1. The van der Waals surface area contributed by atoms with Gasteiger partial charge >= 0.3 is 0 Å². The maximum absolute atomic E-state index is 13.1. The molecule has 3 N–H and O–H groups in total. The molecule has 0 aliphatic heterocycles. The highest BCUT2D eigenvalue weighted by Gasteiger charge is 2.05. The van der Waals surface area contributed by atoms with Gasteiger partial charge in [0.2, 0.25) is 0 Å². The molecule has 1 aromatic rings. The lowest BCUT2D eigenvalue weighted by Gasteiger charge is -2.00. The van der Waals surface area contributed by atoms with Crippen molar-refractivity contribution in [3.05, 3.63) is 33.0 Å². The highest BCUT2D eigenvalue weighted by Crippen LogP contribution is 2.26. The van der Waals surface area contributed by atoms with Crippen LogP contribution in [0.25, 0.3) is 0 Å². The number of hydrogen-bond acceptors (Lipinski definition) is 2. The van der Waals surface area contributed by atoms with E-state index in [4.69, 9.17) is 17.3 Å². The highest BCUT2D eigenvalue weighted by molar-refractivity contribution is 9.10. The average Bonchev–Trinajstić information content (AvgIpc) is 2.13. The van der Waals surface area contributed by atoms with Crippen molar-refractivity contribution in [3.63, 3.8) is 0 Å². The number of halogens is 3. The number of nitrogens with zero attached hydrogens (tertiary/aromatic N) is 1. The maximum Gasteiger partial charge on any atom is 0.184 e. The van der Waals surface area contributed by atoms with Crippen LogP contribution < -0.4 is 11.2 Å². The van der Waals surface area contributed by atoms with E-state index in [2.05, 4.69) is 38.7 Å². The minimum Gasteiger partial charge on any atom is -0.375 e. The molecule has 0 unspecified atom stereocenters. The van der Waals surface area contributed by atoms with Crippen molar-refractivity contribution in [2.75, 3.05) is 0 Å². The molecule has 0 aliphatic rings. The predicted molar refractivity (Wildman–Crippen MR) is 66.6 cm³/mol. The monoisotopic (exact) mass is 309 g/mol. The Hall–Kier alpha value is -0.720. The Morgan fingerprint density at radius 3 is 2.87 bits per heavy atom. The van der Waals surface area contributed by atoms with Crippen LogP contribution in [-0.4, -0.2) is 11.3 Å². The fraction of sp³-hybridized carbons (Fsp3) is 0. The van der Waals surface area contributed by atoms with Gasteiger partial charge < -0.3 is 5.73 Å². The summed E-state index contributed by atoms with van der Waals surface area (Å²) in [6.07, 6.45) is 1.38. The molecular weight excluding hydrogens is 305 g/mol. The van der Waals surface area contributed by atoms with Crippen LogP contribution in [0, 0.1) is 5.82 Å². The summed E-state index contributed by atoms with van der Waals surface area (Å²) in [5.74, 6) is -0.525. The summed E-state index contributed by atoms with van der Waals surface area (Å²) >= 11 is 13.3. The Morgan fingerprint density at radius 1 is 1.67 bits per heavy atom. The van der Waals surface area contributed by atoms with Crippen LogP contribution in [-0.2, 0) is 0 Å². The molecule has 3 nitrogen and oxygen atoms in total. The standard InChI is InChI=1S/C8H6BrClFN3S/c9-5-1-4(2-6(11)7(5)10)3-13-14-8(12)15/h1-3H,(H3,12,14,15). The van der Waals surface area contributed by atoms with E-state index in [1.165, 1.54) is 12.3 Å². The first-order valence-electron chi connectivity index (χ1n) is 3.73. The Labute approximate surface area is 105 Å². The van der Waals surface area contributed by atoms with Gasteiger partial charge in [-0.15, -0.1) is 0 Å². The van der Waals surface area contributed by atoms with Crippen LogP contribution in [0.5, 0.6) is 0 Å². The Kier molecular flexibility index (Phi) is 4.44. The molecule has 0 bridgehead atoms. The molecule has 7 heteroatoms. The zero-order valence-electron chi connectivity index (χ0n) is 7.30. The van der Waals surface area contributed by atoms with Gasteiger partial charge in [0.25, 0.3) is 0 Å². The lowest BCUT2D eigenvalue weighted by molar-refractivity contribution is 0.627. The molecule has 1 aromatic carbocycles. The summed E-state index contributed by atoms with van der Waals surface area (Å²) < 4.78 is 13.6. The van der Waals surface area contributed by atoms with E-state index < -0.39 is 5.82 Å². The van der Waals surface area contributed by atoms with Crippen LogP contribution in [0.1, 0.15) is 5.56 Å². The number of hydrogen-bond donors (Lipinski definition) is 2. The highest BCUT2D eigenvalue weighted by atomic mass is 79.9. The third kappa shape index (κ3) is 3.73. The second-order valence-corrected chi connectivity index (χ2v) is 4.20. The lowest BCUT2D eigenvalue weighted by atomic mass is 10.2. The summed E-state index contributed by atoms with van der Waals surface area (Å²) in [5, 5.41) is 3.76. The summed E-state index contributed by atoms with van der Waals surface area (Å²) in [5.41, 5.74) is 8.03. The second kappa shape index (κ2) is 5.39. The second-order valence-electron chi connectivity index (χ2n) is 2.53. The summed E-state index contributed by atoms with van der Waals surface area (Å²) in [6.45, 7) is 0. The molecule has 0 aliphatic carbocycles. The lowest BCUT2D eigenvalue weighted by Crippen LogP contribution is -2.23. The Bertz CT molecular complexity index is 401. The molecule has 1 rings (SSSR count). The van der Waals surface area contributed by atoms with Crippen LogP contribution in [0.2, 0.25) is 5.02 Å². The quantitative estimate of drug-likeness (QED) is 0.382. The van der Waals surface area contributed by atoms with Gasteiger partial charge in [-0.05, 0) is 45.8 Å². The zero-order valence-corrected chi connectivity index (χ0v) is 10.5. The van der Waals surface area contributed by atoms with Crippen molar-refractivity contribution < 1.29 is 4.39 Å².